The van der Waals surface area contributed by atoms with Crippen molar-refractivity contribution < 1.29 is 24.6 Å². The summed E-state index contributed by atoms with van der Waals surface area (Å²) in [5.74, 6) is -2.14. The predicted molar refractivity (Wildman–Crippen MR) is 106 cm³/mol. The van der Waals surface area contributed by atoms with Gasteiger partial charge in [-0.15, -0.1) is 0 Å². The van der Waals surface area contributed by atoms with Gasteiger partial charge in [-0.1, -0.05) is 12.1 Å². The Bertz CT molecular complexity index is 1040. The molecule has 7 nitrogen and oxygen atoms in total. The number of fused-ring (bicyclic) bond motifs is 2. The van der Waals surface area contributed by atoms with Gasteiger partial charge in [0.25, 0.3) is 5.91 Å². The van der Waals surface area contributed by atoms with E-state index >= 15 is 0 Å². The topological polar surface area (TPSA) is 98.2 Å². The summed E-state index contributed by atoms with van der Waals surface area (Å²) in [6.07, 6.45) is 1.69. The number of hydrogen-bond acceptors (Lipinski definition) is 6. The molecular weight excluding hydrogens is 372 g/mol. The molecule has 4 rings (SSSR count). The Morgan fingerprint density at radius 3 is 2.28 bits per heavy atom. The van der Waals surface area contributed by atoms with Gasteiger partial charge in [-0.2, -0.15) is 0 Å². The number of nitrogens with zero attached hydrogens (tertiary/aromatic N) is 2. The summed E-state index contributed by atoms with van der Waals surface area (Å²) in [7, 11) is 4.03. The molecule has 1 fully saturated rings. The Labute approximate surface area is 168 Å². The first-order valence-corrected chi connectivity index (χ1v) is 9.53. The highest BCUT2D eigenvalue weighted by Gasteiger charge is 2.35. The van der Waals surface area contributed by atoms with Crippen LogP contribution in [0.1, 0.15) is 55.0 Å². The zero-order valence-corrected chi connectivity index (χ0v) is 16.3. The number of likely N-dealkylation sites (tertiary alicyclic amines) is 1. The maximum absolute atomic E-state index is 13.0. The lowest BCUT2D eigenvalue weighted by Gasteiger charge is -2.35. The van der Waals surface area contributed by atoms with Crippen LogP contribution in [0.4, 0.5) is 0 Å². The fourth-order valence-electron chi connectivity index (χ4n) is 4.17. The van der Waals surface area contributed by atoms with Crippen LogP contribution in [0.15, 0.2) is 30.3 Å². The first-order valence-electron chi connectivity index (χ1n) is 9.53. The van der Waals surface area contributed by atoms with E-state index in [1.165, 1.54) is 30.3 Å². The molecule has 1 amide bonds. The van der Waals surface area contributed by atoms with Crippen molar-refractivity contribution in [3.8, 4) is 11.5 Å². The standard InChI is InChI=1S/C22H22N2O5/c1-23(2)13-6-8-24(9-7-13)22(29)12-10-15-19(17(26)11-12)21(28)18-14(20(15)27)4-3-5-16(18)25/h3-5,10-11,13,25-26H,6-9H2,1-2H3. The van der Waals surface area contributed by atoms with Crippen LogP contribution in [0.25, 0.3) is 0 Å². The summed E-state index contributed by atoms with van der Waals surface area (Å²) in [5.41, 5.74) is -0.0655. The van der Waals surface area contributed by atoms with Crippen LogP contribution in [-0.4, -0.2) is 70.7 Å². The SMILES string of the molecule is CN(C)C1CCN(C(=O)c2cc(O)c3c(c2)C(=O)c2cccc(O)c2C3=O)CC1. The second-order valence-electron chi connectivity index (χ2n) is 7.76. The highest BCUT2D eigenvalue weighted by atomic mass is 16.3. The monoisotopic (exact) mass is 394 g/mol. The minimum Gasteiger partial charge on any atom is -0.507 e. The van der Waals surface area contributed by atoms with Crippen LogP contribution >= 0.6 is 0 Å². The van der Waals surface area contributed by atoms with Crippen molar-refractivity contribution in [2.24, 2.45) is 0 Å². The van der Waals surface area contributed by atoms with E-state index in [4.69, 9.17) is 0 Å². The van der Waals surface area contributed by atoms with Gasteiger partial charge < -0.3 is 20.0 Å². The van der Waals surface area contributed by atoms with Crippen molar-refractivity contribution in [1.82, 2.24) is 9.80 Å². The predicted octanol–water partition coefficient (Wildman–Crippen LogP) is 2.04. The van der Waals surface area contributed by atoms with E-state index in [0.717, 1.165) is 12.8 Å². The van der Waals surface area contributed by atoms with E-state index in [-0.39, 0.29) is 39.5 Å². The van der Waals surface area contributed by atoms with Gasteiger partial charge in [0.05, 0.1) is 11.1 Å². The van der Waals surface area contributed by atoms with Gasteiger partial charge in [0, 0.05) is 35.8 Å². The number of rotatable bonds is 2. The fourth-order valence-corrected chi connectivity index (χ4v) is 4.17. The molecule has 29 heavy (non-hydrogen) atoms. The summed E-state index contributed by atoms with van der Waals surface area (Å²) in [5, 5.41) is 20.5. The molecule has 150 valence electrons. The van der Waals surface area contributed by atoms with E-state index < -0.39 is 17.3 Å². The highest BCUT2D eigenvalue weighted by molar-refractivity contribution is 6.30. The molecule has 2 aliphatic rings. The summed E-state index contributed by atoms with van der Waals surface area (Å²) < 4.78 is 0. The smallest absolute Gasteiger partial charge is 0.254 e. The molecule has 1 heterocycles. The Morgan fingerprint density at radius 1 is 0.966 bits per heavy atom. The molecule has 0 saturated carbocycles. The van der Waals surface area contributed by atoms with Gasteiger partial charge in [0.15, 0.2) is 5.78 Å². The quantitative estimate of drug-likeness (QED) is 0.690. The molecular formula is C22H22N2O5. The number of phenolic OH excluding ortho intramolecular Hbond substituents is 2. The van der Waals surface area contributed by atoms with Crippen LogP contribution in [-0.2, 0) is 0 Å². The normalized spacial score (nSPS) is 16.7. The first-order chi connectivity index (χ1) is 13.8. The number of benzene rings is 2. The van der Waals surface area contributed by atoms with E-state index in [1.807, 2.05) is 14.1 Å². The lowest BCUT2D eigenvalue weighted by atomic mass is 9.82. The Balaban J connectivity index is 1.69. The number of amides is 1. The molecule has 0 unspecified atom stereocenters. The zero-order valence-electron chi connectivity index (χ0n) is 16.3. The Morgan fingerprint density at radius 2 is 1.62 bits per heavy atom. The van der Waals surface area contributed by atoms with Crippen LogP contribution in [0.3, 0.4) is 0 Å². The van der Waals surface area contributed by atoms with Crippen molar-refractivity contribution in [2.75, 3.05) is 27.2 Å². The molecule has 2 aromatic carbocycles. The number of ketones is 2. The molecule has 7 heteroatoms. The van der Waals surface area contributed by atoms with Gasteiger partial charge in [0.2, 0.25) is 5.78 Å². The van der Waals surface area contributed by atoms with Crippen molar-refractivity contribution in [2.45, 2.75) is 18.9 Å². The van der Waals surface area contributed by atoms with E-state index in [0.29, 0.717) is 19.1 Å². The molecule has 0 aromatic heterocycles. The van der Waals surface area contributed by atoms with E-state index in [9.17, 15) is 24.6 Å². The third-order valence-corrected chi connectivity index (χ3v) is 5.83. The molecule has 2 aromatic rings. The van der Waals surface area contributed by atoms with Crippen molar-refractivity contribution >= 4 is 17.5 Å². The van der Waals surface area contributed by atoms with Crippen molar-refractivity contribution in [1.29, 1.82) is 0 Å². The lowest BCUT2D eigenvalue weighted by molar-refractivity contribution is 0.0662. The second-order valence-corrected chi connectivity index (χ2v) is 7.76. The zero-order chi connectivity index (χ0) is 20.9. The summed E-state index contributed by atoms with van der Waals surface area (Å²) in [4.78, 5) is 42.5. The maximum atomic E-state index is 13.0. The largest absolute Gasteiger partial charge is 0.507 e. The van der Waals surface area contributed by atoms with Crippen LogP contribution in [0.5, 0.6) is 11.5 Å². The molecule has 0 spiro atoms. The van der Waals surface area contributed by atoms with E-state index in [2.05, 4.69) is 4.90 Å². The molecule has 1 aliphatic carbocycles. The summed E-state index contributed by atoms with van der Waals surface area (Å²) in [6.45, 7) is 1.17. The van der Waals surface area contributed by atoms with Gasteiger partial charge in [0.1, 0.15) is 11.5 Å². The van der Waals surface area contributed by atoms with Gasteiger partial charge in [-0.3, -0.25) is 14.4 Å². The van der Waals surface area contributed by atoms with Crippen molar-refractivity contribution in [3.05, 3.63) is 58.1 Å². The third-order valence-electron chi connectivity index (χ3n) is 5.83. The molecule has 1 saturated heterocycles. The number of aromatic hydroxyl groups is 2. The van der Waals surface area contributed by atoms with Crippen LogP contribution in [0.2, 0.25) is 0 Å². The Hall–Kier alpha value is -3.19. The second kappa shape index (κ2) is 7.00. The number of carbonyl (C=O) groups excluding carboxylic acids is 3. The molecule has 0 radical (unpaired) electrons. The van der Waals surface area contributed by atoms with Gasteiger partial charge in [-0.05, 0) is 45.1 Å². The minimum atomic E-state index is -0.629. The lowest BCUT2D eigenvalue weighted by Crippen LogP contribution is -2.44. The number of piperidine rings is 1. The first kappa shape index (κ1) is 19.1. The molecule has 1 aliphatic heterocycles. The maximum Gasteiger partial charge on any atom is 0.254 e. The summed E-state index contributed by atoms with van der Waals surface area (Å²) >= 11 is 0. The average molecular weight is 394 g/mol. The Kier molecular flexibility index (Phi) is 4.62. The van der Waals surface area contributed by atoms with Gasteiger partial charge >= 0.3 is 0 Å². The molecule has 0 bridgehead atoms. The molecule has 2 N–H and O–H groups in total. The van der Waals surface area contributed by atoms with Crippen LogP contribution in [0, 0.1) is 0 Å². The highest BCUT2D eigenvalue weighted by Crippen LogP contribution is 2.37. The number of carbonyl (C=O) groups is 3. The number of phenols is 2. The molecule has 0 atom stereocenters. The van der Waals surface area contributed by atoms with E-state index in [1.54, 1.807) is 4.90 Å². The number of hydrogen-bond donors (Lipinski definition) is 2. The minimum absolute atomic E-state index is 0.0142. The van der Waals surface area contributed by atoms with Crippen molar-refractivity contribution in [3.63, 3.8) is 0 Å². The van der Waals surface area contributed by atoms with Gasteiger partial charge in [-0.25, -0.2) is 0 Å². The third kappa shape index (κ3) is 3.07. The van der Waals surface area contributed by atoms with Crippen LogP contribution < -0.4 is 0 Å². The average Bonchev–Trinajstić information content (AvgIpc) is 2.70. The summed E-state index contributed by atoms with van der Waals surface area (Å²) in [6, 6.07) is 7.28. The fraction of sp³-hybridized carbons (Fsp3) is 0.318.